The molecule has 1 atom stereocenters. The Bertz CT molecular complexity index is 531. The predicted octanol–water partition coefficient (Wildman–Crippen LogP) is 1.41. The Morgan fingerprint density at radius 2 is 2.21 bits per heavy atom. The fraction of sp³-hybridized carbons (Fsp3) is 0.455. The van der Waals surface area contributed by atoms with Crippen molar-refractivity contribution >= 4 is 34.0 Å². The van der Waals surface area contributed by atoms with Crippen LogP contribution in [0.3, 0.4) is 0 Å². The van der Waals surface area contributed by atoms with Crippen LogP contribution in [0.2, 0.25) is 5.02 Å². The maximum atomic E-state index is 12.1. The molecule has 0 spiro atoms. The quantitative estimate of drug-likeness (QED) is 0.877. The van der Waals surface area contributed by atoms with Gasteiger partial charge in [-0.25, -0.2) is 13.1 Å². The zero-order chi connectivity index (χ0) is 13.2. The minimum absolute atomic E-state index is 0. The van der Waals surface area contributed by atoms with Crippen LogP contribution in [0, 0.1) is 0 Å². The van der Waals surface area contributed by atoms with Crippen LogP contribution in [0.15, 0.2) is 23.1 Å². The van der Waals surface area contributed by atoms with Crippen molar-refractivity contribution in [3.8, 4) is 5.75 Å². The van der Waals surface area contributed by atoms with E-state index in [1.54, 1.807) is 6.07 Å². The van der Waals surface area contributed by atoms with E-state index in [1.165, 1.54) is 19.2 Å². The lowest BCUT2D eigenvalue weighted by atomic mass is 10.3. The smallest absolute Gasteiger partial charge is 0.240 e. The Balaban J connectivity index is 0.00000180. The summed E-state index contributed by atoms with van der Waals surface area (Å²) in [6.45, 7) is 1.49. The van der Waals surface area contributed by atoms with Crippen molar-refractivity contribution in [2.45, 2.75) is 17.4 Å². The zero-order valence-corrected chi connectivity index (χ0v) is 12.7. The van der Waals surface area contributed by atoms with Gasteiger partial charge in [0.1, 0.15) is 5.75 Å². The van der Waals surface area contributed by atoms with Gasteiger partial charge in [-0.15, -0.1) is 12.4 Å². The van der Waals surface area contributed by atoms with Crippen LogP contribution in [0.4, 0.5) is 0 Å². The molecule has 0 radical (unpaired) electrons. The number of hydrogen-bond acceptors (Lipinski definition) is 4. The first kappa shape index (κ1) is 16.5. The molecule has 1 aliphatic rings. The van der Waals surface area contributed by atoms with Crippen molar-refractivity contribution in [2.24, 2.45) is 0 Å². The number of ether oxygens (including phenoxy) is 1. The van der Waals surface area contributed by atoms with E-state index in [2.05, 4.69) is 10.0 Å². The summed E-state index contributed by atoms with van der Waals surface area (Å²) in [5, 5.41) is 3.39. The highest BCUT2D eigenvalue weighted by atomic mass is 35.5. The van der Waals surface area contributed by atoms with Gasteiger partial charge in [0, 0.05) is 12.6 Å². The predicted molar refractivity (Wildman–Crippen MR) is 76.8 cm³/mol. The summed E-state index contributed by atoms with van der Waals surface area (Å²) in [5.41, 5.74) is 0. The number of rotatable bonds is 4. The standard InChI is InChI=1S/C11H15ClN2O3S.ClH/c1-17-11-3-2-9(6-10(11)12)18(15,16)14-8-4-5-13-7-8;/h2-3,6,8,13-14H,4-5,7H2,1H3;1H. The number of halogens is 2. The zero-order valence-electron chi connectivity index (χ0n) is 10.3. The fourth-order valence-electron chi connectivity index (χ4n) is 1.86. The molecule has 2 N–H and O–H groups in total. The van der Waals surface area contributed by atoms with E-state index in [4.69, 9.17) is 16.3 Å². The number of methoxy groups -OCH3 is 1. The molecule has 0 bridgehead atoms. The third kappa shape index (κ3) is 3.97. The Labute approximate surface area is 124 Å². The first-order valence-electron chi connectivity index (χ1n) is 5.59. The number of nitrogens with one attached hydrogen (secondary N) is 2. The van der Waals surface area contributed by atoms with E-state index in [0.717, 1.165) is 13.0 Å². The fourth-order valence-corrected chi connectivity index (χ4v) is 3.48. The van der Waals surface area contributed by atoms with Crippen molar-refractivity contribution in [2.75, 3.05) is 20.2 Å². The van der Waals surface area contributed by atoms with E-state index < -0.39 is 10.0 Å². The molecule has 0 aliphatic carbocycles. The highest BCUT2D eigenvalue weighted by Gasteiger charge is 2.23. The van der Waals surface area contributed by atoms with Crippen LogP contribution < -0.4 is 14.8 Å². The Morgan fingerprint density at radius 3 is 2.74 bits per heavy atom. The molecule has 2 rings (SSSR count). The second-order valence-corrected chi connectivity index (χ2v) is 6.23. The molecule has 1 heterocycles. The molecule has 1 saturated heterocycles. The molecule has 8 heteroatoms. The van der Waals surface area contributed by atoms with Crippen molar-refractivity contribution in [1.29, 1.82) is 0 Å². The maximum Gasteiger partial charge on any atom is 0.240 e. The van der Waals surface area contributed by atoms with Gasteiger partial charge in [-0.1, -0.05) is 11.6 Å². The van der Waals surface area contributed by atoms with Gasteiger partial charge < -0.3 is 10.1 Å². The largest absolute Gasteiger partial charge is 0.495 e. The van der Waals surface area contributed by atoms with Crippen LogP contribution in [0.1, 0.15) is 6.42 Å². The van der Waals surface area contributed by atoms with Crippen LogP contribution in [-0.4, -0.2) is 34.7 Å². The molecular weight excluding hydrogens is 311 g/mol. The summed E-state index contributed by atoms with van der Waals surface area (Å²) >= 11 is 5.92. The highest BCUT2D eigenvalue weighted by Crippen LogP contribution is 2.27. The molecule has 0 aromatic heterocycles. The van der Waals surface area contributed by atoms with Crippen molar-refractivity contribution in [3.63, 3.8) is 0 Å². The third-order valence-corrected chi connectivity index (χ3v) is 4.63. The van der Waals surface area contributed by atoms with Gasteiger partial charge in [0.15, 0.2) is 0 Å². The average Bonchev–Trinajstić information content (AvgIpc) is 2.81. The van der Waals surface area contributed by atoms with E-state index in [0.29, 0.717) is 12.3 Å². The molecule has 19 heavy (non-hydrogen) atoms. The molecule has 1 fully saturated rings. The number of benzene rings is 1. The molecule has 0 amide bonds. The Hall–Kier alpha value is -0.530. The van der Waals surface area contributed by atoms with Crippen molar-refractivity contribution in [3.05, 3.63) is 23.2 Å². The molecule has 1 aromatic rings. The van der Waals surface area contributed by atoms with E-state index >= 15 is 0 Å². The first-order chi connectivity index (χ1) is 8.53. The molecular formula is C11H16Cl2N2O3S. The van der Waals surface area contributed by atoms with Gasteiger partial charge in [-0.05, 0) is 31.2 Å². The lowest BCUT2D eigenvalue weighted by molar-refractivity contribution is 0.414. The lowest BCUT2D eigenvalue weighted by Gasteiger charge is -2.12. The summed E-state index contributed by atoms with van der Waals surface area (Å²) in [6, 6.07) is 4.36. The second-order valence-electron chi connectivity index (χ2n) is 4.11. The summed E-state index contributed by atoms with van der Waals surface area (Å²) in [7, 11) is -2.04. The van der Waals surface area contributed by atoms with Gasteiger partial charge in [0.05, 0.1) is 17.0 Å². The normalized spacial score (nSPS) is 18.9. The topological polar surface area (TPSA) is 67.4 Å². The second kappa shape index (κ2) is 6.76. The SMILES string of the molecule is COc1ccc(S(=O)(=O)NC2CCNC2)cc1Cl.Cl. The molecule has 1 unspecified atom stereocenters. The number of hydrogen-bond donors (Lipinski definition) is 2. The number of sulfonamides is 1. The molecule has 108 valence electrons. The first-order valence-corrected chi connectivity index (χ1v) is 7.45. The molecule has 1 aliphatic heterocycles. The van der Waals surface area contributed by atoms with E-state index in [-0.39, 0.29) is 28.4 Å². The highest BCUT2D eigenvalue weighted by molar-refractivity contribution is 7.89. The minimum Gasteiger partial charge on any atom is -0.495 e. The van der Waals surface area contributed by atoms with Gasteiger partial charge >= 0.3 is 0 Å². The summed E-state index contributed by atoms with van der Waals surface area (Å²) in [5.74, 6) is 0.457. The average molecular weight is 327 g/mol. The van der Waals surface area contributed by atoms with E-state index in [9.17, 15) is 8.42 Å². The van der Waals surface area contributed by atoms with E-state index in [1.807, 2.05) is 0 Å². The van der Waals surface area contributed by atoms with Crippen molar-refractivity contribution in [1.82, 2.24) is 10.0 Å². The monoisotopic (exact) mass is 326 g/mol. The summed E-state index contributed by atoms with van der Waals surface area (Å²) in [4.78, 5) is 0.153. The van der Waals surface area contributed by atoms with Crippen LogP contribution in [0.5, 0.6) is 5.75 Å². The molecule has 1 aromatic carbocycles. The third-order valence-electron chi connectivity index (χ3n) is 2.82. The van der Waals surface area contributed by atoms with Crippen molar-refractivity contribution < 1.29 is 13.2 Å². The lowest BCUT2D eigenvalue weighted by Crippen LogP contribution is -2.36. The van der Waals surface area contributed by atoms with Gasteiger partial charge in [0.2, 0.25) is 10.0 Å². The molecule has 0 saturated carbocycles. The van der Waals surface area contributed by atoms with Crippen LogP contribution in [-0.2, 0) is 10.0 Å². The molecule has 5 nitrogen and oxygen atoms in total. The van der Waals surface area contributed by atoms with Gasteiger partial charge in [-0.3, -0.25) is 0 Å². The minimum atomic E-state index is -3.52. The van der Waals surface area contributed by atoms with Crippen LogP contribution >= 0.6 is 24.0 Å². The van der Waals surface area contributed by atoms with Gasteiger partial charge in [-0.2, -0.15) is 0 Å². The Morgan fingerprint density at radius 1 is 1.47 bits per heavy atom. The Kier molecular flexibility index (Phi) is 5.88. The summed E-state index contributed by atoms with van der Waals surface area (Å²) < 4.78 is 31.8. The van der Waals surface area contributed by atoms with Crippen LogP contribution in [0.25, 0.3) is 0 Å². The maximum absolute atomic E-state index is 12.1. The van der Waals surface area contributed by atoms with Gasteiger partial charge in [0.25, 0.3) is 0 Å². The summed E-state index contributed by atoms with van der Waals surface area (Å²) in [6.07, 6.45) is 0.795.